The van der Waals surface area contributed by atoms with Gasteiger partial charge in [-0.3, -0.25) is 9.69 Å². The van der Waals surface area contributed by atoms with E-state index < -0.39 is 6.03 Å². The van der Waals surface area contributed by atoms with E-state index in [1.54, 1.807) is 24.3 Å². The molecule has 8 heteroatoms. The van der Waals surface area contributed by atoms with Crippen molar-refractivity contribution in [1.29, 1.82) is 5.26 Å². The van der Waals surface area contributed by atoms with Gasteiger partial charge in [0, 0.05) is 5.56 Å². The summed E-state index contributed by atoms with van der Waals surface area (Å²) in [5, 5.41) is 12.0. The number of aryl methyl sites for hydroxylation is 1. The van der Waals surface area contributed by atoms with Crippen molar-refractivity contribution in [3.8, 4) is 17.6 Å². The van der Waals surface area contributed by atoms with Crippen LogP contribution in [-0.4, -0.2) is 23.9 Å². The molecule has 0 unspecified atom stereocenters. The van der Waals surface area contributed by atoms with Crippen molar-refractivity contribution < 1.29 is 19.1 Å². The number of rotatable bonds is 7. The SMILES string of the molecule is COc1cc(/C=C2/NC(=O)N(Cc3cccc(C)c3)C2=O)cc(I)c1OCc1ccccc1C#N. The van der Waals surface area contributed by atoms with Gasteiger partial charge < -0.3 is 14.8 Å². The first kappa shape index (κ1) is 24.3. The van der Waals surface area contributed by atoms with Crippen molar-refractivity contribution in [2.45, 2.75) is 20.1 Å². The molecule has 1 heterocycles. The van der Waals surface area contributed by atoms with Gasteiger partial charge in [-0.05, 0) is 64.9 Å². The van der Waals surface area contributed by atoms with Crippen molar-refractivity contribution in [3.05, 3.63) is 97.7 Å². The van der Waals surface area contributed by atoms with E-state index >= 15 is 0 Å². The first-order valence-corrected chi connectivity index (χ1v) is 11.9. The van der Waals surface area contributed by atoms with Crippen LogP contribution in [0.5, 0.6) is 11.5 Å². The maximum atomic E-state index is 12.9. The number of carbonyl (C=O) groups is 2. The monoisotopic (exact) mass is 579 g/mol. The van der Waals surface area contributed by atoms with Crippen LogP contribution >= 0.6 is 22.6 Å². The maximum absolute atomic E-state index is 12.9. The van der Waals surface area contributed by atoms with Crippen LogP contribution in [0.4, 0.5) is 4.79 Å². The Morgan fingerprint density at radius 3 is 2.66 bits per heavy atom. The van der Waals surface area contributed by atoms with E-state index in [1.807, 2.05) is 49.4 Å². The third-order valence-corrected chi connectivity index (χ3v) is 6.26. The van der Waals surface area contributed by atoms with E-state index in [2.05, 4.69) is 34.0 Å². The lowest BCUT2D eigenvalue weighted by atomic mass is 10.1. The number of nitriles is 1. The third-order valence-electron chi connectivity index (χ3n) is 5.46. The number of imide groups is 1. The topological polar surface area (TPSA) is 91.7 Å². The summed E-state index contributed by atoms with van der Waals surface area (Å²) in [4.78, 5) is 26.6. The first-order valence-electron chi connectivity index (χ1n) is 10.8. The number of halogens is 1. The highest BCUT2D eigenvalue weighted by atomic mass is 127. The van der Waals surface area contributed by atoms with Crippen LogP contribution in [0, 0.1) is 21.8 Å². The smallest absolute Gasteiger partial charge is 0.329 e. The Hall–Kier alpha value is -3.84. The van der Waals surface area contributed by atoms with Gasteiger partial charge in [0.2, 0.25) is 0 Å². The molecule has 3 aromatic carbocycles. The summed E-state index contributed by atoms with van der Waals surface area (Å²) in [5.74, 6) is 0.622. The Kier molecular flexibility index (Phi) is 7.36. The number of nitrogens with one attached hydrogen (secondary N) is 1. The van der Waals surface area contributed by atoms with Gasteiger partial charge in [0.15, 0.2) is 11.5 Å². The second-order valence-corrected chi connectivity index (χ2v) is 9.12. The number of hydrogen-bond acceptors (Lipinski definition) is 5. The van der Waals surface area contributed by atoms with E-state index in [1.165, 1.54) is 12.0 Å². The van der Waals surface area contributed by atoms with Crippen LogP contribution < -0.4 is 14.8 Å². The standard InChI is InChI=1S/C27H22IN3O4/c1-17-6-5-7-18(10-17)15-31-26(32)23(30-27(31)33)12-19-11-22(28)25(24(13-19)34-2)35-16-21-9-4-3-8-20(21)14-29/h3-13H,15-16H2,1-2H3,(H,30,33)/b23-12+. The number of carbonyl (C=O) groups excluding carboxylic acids is 2. The van der Waals surface area contributed by atoms with Crippen LogP contribution in [0.1, 0.15) is 27.8 Å². The number of benzene rings is 3. The molecule has 4 rings (SSSR count). The number of amides is 3. The molecule has 1 aliphatic heterocycles. The fraction of sp³-hybridized carbons (Fsp3) is 0.148. The number of urea groups is 1. The molecule has 1 aliphatic rings. The predicted octanol–water partition coefficient (Wildman–Crippen LogP) is 5.15. The van der Waals surface area contributed by atoms with E-state index in [9.17, 15) is 14.9 Å². The lowest BCUT2D eigenvalue weighted by Crippen LogP contribution is -2.30. The molecule has 7 nitrogen and oxygen atoms in total. The number of nitrogens with zero attached hydrogens (tertiary/aromatic N) is 2. The number of methoxy groups -OCH3 is 1. The third kappa shape index (κ3) is 5.46. The highest BCUT2D eigenvalue weighted by Crippen LogP contribution is 2.35. The van der Waals surface area contributed by atoms with Crippen molar-refractivity contribution in [2.24, 2.45) is 0 Å². The minimum atomic E-state index is -0.458. The van der Waals surface area contributed by atoms with Crippen LogP contribution in [0.25, 0.3) is 6.08 Å². The fourth-order valence-electron chi connectivity index (χ4n) is 3.74. The molecule has 35 heavy (non-hydrogen) atoms. The van der Waals surface area contributed by atoms with Gasteiger partial charge in [-0.25, -0.2) is 4.79 Å². The Balaban J connectivity index is 1.55. The highest BCUT2D eigenvalue weighted by molar-refractivity contribution is 14.1. The van der Waals surface area contributed by atoms with E-state index in [0.717, 1.165) is 20.3 Å². The maximum Gasteiger partial charge on any atom is 0.329 e. The summed E-state index contributed by atoms with van der Waals surface area (Å²) in [6.45, 7) is 2.37. The molecule has 0 atom stereocenters. The molecule has 0 aromatic heterocycles. The summed E-state index contributed by atoms with van der Waals surface area (Å²) < 4.78 is 12.3. The molecule has 3 amide bonds. The summed E-state index contributed by atoms with van der Waals surface area (Å²) in [5.41, 5.74) is 4.13. The summed E-state index contributed by atoms with van der Waals surface area (Å²) in [6, 6.07) is 20.2. The summed E-state index contributed by atoms with van der Waals surface area (Å²) >= 11 is 2.13. The van der Waals surface area contributed by atoms with Crippen LogP contribution in [0.3, 0.4) is 0 Å². The second kappa shape index (κ2) is 10.6. The predicted molar refractivity (Wildman–Crippen MR) is 139 cm³/mol. The van der Waals surface area contributed by atoms with Crippen molar-refractivity contribution in [1.82, 2.24) is 10.2 Å². The first-order chi connectivity index (χ1) is 16.9. The molecule has 0 saturated carbocycles. The van der Waals surface area contributed by atoms with Crippen molar-refractivity contribution in [2.75, 3.05) is 7.11 Å². The molecule has 0 radical (unpaired) electrons. The second-order valence-electron chi connectivity index (χ2n) is 7.96. The average molecular weight is 579 g/mol. The largest absolute Gasteiger partial charge is 0.493 e. The van der Waals surface area contributed by atoms with E-state index in [4.69, 9.17) is 9.47 Å². The molecular formula is C27H22IN3O4. The summed E-state index contributed by atoms with van der Waals surface area (Å²) in [7, 11) is 1.53. The zero-order chi connectivity index (χ0) is 24.9. The van der Waals surface area contributed by atoms with Crippen molar-refractivity contribution in [3.63, 3.8) is 0 Å². The molecule has 1 N–H and O–H groups in total. The molecule has 0 bridgehead atoms. The minimum Gasteiger partial charge on any atom is -0.493 e. The van der Waals surface area contributed by atoms with Gasteiger partial charge in [0.05, 0.1) is 28.9 Å². The average Bonchev–Trinajstić information content (AvgIpc) is 3.10. The Bertz CT molecular complexity index is 1380. The Morgan fingerprint density at radius 2 is 1.91 bits per heavy atom. The molecule has 1 fully saturated rings. The Labute approximate surface area is 217 Å². The number of ether oxygens (including phenoxy) is 2. The zero-order valence-corrected chi connectivity index (χ0v) is 21.3. The van der Waals surface area contributed by atoms with E-state index in [-0.39, 0.29) is 24.8 Å². The van der Waals surface area contributed by atoms with Gasteiger partial charge in [-0.2, -0.15) is 5.26 Å². The van der Waals surface area contributed by atoms with Crippen LogP contribution in [0.15, 0.2) is 66.4 Å². The molecule has 3 aromatic rings. The van der Waals surface area contributed by atoms with Crippen molar-refractivity contribution >= 4 is 40.6 Å². The zero-order valence-electron chi connectivity index (χ0n) is 19.2. The van der Waals surface area contributed by atoms with Crippen LogP contribution in [-0.2, 0) is 17.9 Å². The van der Waals surface area contributed by atoms with Crippen LogP contribution in [0.2, 0.25) is 0 Å². The highest BCUT2D eigenvalue weighted by Gasteiger charge is 2.33. The lowest BCUT2D eigenvalue weighted by molar-refractivity contribution is -0.123. The molecule has 1 saturated heterocycles. The fourth-order valence-corrected chi connectivity index (χ4v) is 4.52. The van der Waals surface area contributed by atoms with Gasteiger partial charge >= 0.3 is 6.03 Å². The molecule has 176 valence electrons. The van der Waals surface area contributed by atoms with Gasteiger partial charge in [-0.1, -0.05) is 48.0 Å². The molecule has 0 aliphatic carbocycles. The Morgan fingerprint density at radius 1 is 1.11 bits per heavy atom. The number of hydrogen-bond donors (Lipinski definition) is 1. The lowest BCUT2D eigenvalue weighted by Gasteiger charge is -2.14. The minimum absolute atomic E-state index is 0.192. The van der Waals surface area contributed by atoms with E-state index in [0.29, 0.717) is 22.6 Å². The van der Waals surface area contributed by atoms with Gasteiger partial charge in [0.1, 0.15) is 12.3 Å². The quantitative estimate of drug-likeness (QED) is 0.238. The van der Waals surface area contributed by atoms with Gasteiger partial charge in [0.25, 0.3) is 5.91 Å². The molecule has 0 spiro atoms. The summed E-state index contributed by atoms with van der Waals surface area (Å²) in [6.07, 6.45) is 1.62. The molecular weight excluding hydrogens is 557 g/mol. The normalized spacial score (nSPS) is 14.1. The van der Waals surface area contributed by atoms with Gasteiger partial charge in [-0.15, -0.1) is 0 Å².